The first kappa shape index (κ1) is 27.5. The van der Waals surface area contributed by atoms with Gasteiger partial charge in [-0.2, -0.15) is 0 Å². The molecule has 8 nitrogen and oxygen atoms in total. The molecule has 2 amide bonds. The van der Waals surface area contributed by atoms with E-state index in [4.69, 9.17) is 16.3 Å². The number of sulfonamides is 1. The number of carbonyl (C=O) groups excluding carboxylic acids is 2. The van der Waals surface area contributed by atoms with Gasteiger partial charge < -0.3 is 15.0 Å². The van der Waals surface area contributed by atoms with E-state index in [1.807, 2.05) is 38.1 Å². The Bertz CT molecular complexity index is 1120. The van der Waals surface area contributed by atoms with Crippen LogP contribution in [0.3, 0.4) is 0 Å². The number of aryl methyl sites for hydroxylation is 1. The number of amides is 2. The Morgan fingerprint density at radius 1 is 1.15 bits per heavy atom. The zero-order chi connectivity index (χ0) is 25.5. The summed E-state index contributed by atoms with van der Waals surface area (Å²) in [7, 11) is -2.39. The van der Waals surface area contributed by atoms with Crippen LogP contribution < -0.4 is 14.4 Å². The van der Waals surface area contributed by atoms with Crippen LogP contribution in [0.4, 0.5) is 5.69 Å². The van der Waals surface area contributed by atoms with Crippen LogP contribution in [0.25, 0.3) is 0 Å². The second kappa shape index (κ2) is 12.1. The van der Waals surface area contributed by atoms with Crippen molar-refractivity contribution in [2.45, 2.75) is 39.8 Å². The number of nitrogens with one attached hydrogen (secondary N) is 1. The molecule has 0 radical (unpaired) electrons. The van der Waals surface area contributed by atoms with Crippen molar-refractivity contribution in [3.8, 4) is 5.75 Å². The molecule has 0 aliphatic heterocycles. The summed E-state index contributed by atoms with van der Waals surface area (Å²) < 4.78 is 31.4. The number of likely N-dealkylation sites (N-methyl/N-ethyl adjacent to an activating group) is 1. The summed E-state index contributed by atoms with van der Waals surface area (Å²) in [5, 5.41) is 2.98. The fraction of sp³-hybridized carbons (Fsp3) is 0.417. The van der Waals surface area contributed by atoms with Crippen LogP contribution in [0.1, 0.15) is 31.4 Å². The minimum atomic E-state index is -3.84. The van der Waals surface area contributed by atoms with Crippen molar-refractivity contribution in [3.63, 3.8) is 0 Å². The molecule has 34 heavy (non-hydrogen) atoms. The molecule has 1 atom stereocenters. The number of methoxy groups -OCH3 is 1. The summed E-state index contributed by atoms with van der Waals surface area (Å²) >= 11 is 6.20. The molecule has 0 aromatic heterocycles. The minimum absolute atomic E-state index is 0.164. The second-order valence-electron chi connectivity index (χ2n) is 7.92. The zero-order valence-electron chi connectivity index (χ0n) is 20.2. The number of ether oxygens (including phenoxy) is 1. The Kier molecular flexibility index (Phi) is 9.76. The Morgan fingerprint density at radius 2 is 1.85 bits per heavy atom. The van der Waals surface area contributed by atoms with Crippen LogP contribution in [0, 0.1) is 6.92 Å². The highest BCUT2D eigenvalue weighted by Crippen LogP contribution is 2.30. The van der Waals surface area contributed by atoms with Gasteiger partial charge in [-0.05, 0) is 44.0 Å². The maximum Gasteiger partial charge on any atom is 0.244 e. The number of nitrogens with zero attached hydrogens (tertiary/aromatic N) is 2. The van der Waals surface area contributed by atoms with Crippen molar-refractivity contribution in [2.24, 2.45) is 0 Å². The van der Waals surface area contributed by atoms with Crippen LogP contribution in [0.15, 0.2) is 42.5 Å². The number of benzene rings is 2. The molecule has 0 aliphatic carbocycles. The number of hydrogen-bond donors (Lipinski definition) is 1. The summed E-state index contributed by atoms with van der Waals surface area (Å²) in [6.45, 7) is 5.65. The molecule has 0 spiro atoms. The van der Waals surface area contributed by atoms with Gasteiger partial charge in [0.1, 0.15) is 18.3 Å². The van der Waals surface area contributed by atoms with Crippen molar-refractivity contribution in [1.29, 1.82) is 0 Å². The molecule has 0 fully saturated rings. The molecule has 0 aliphatic rings. The third-order valence-corrected chi connectivity index (χ3v) is 6.71. The lowest BCUT2D eigenvalue weighted by Gasteiger charge is -2.33. The maximum atomic E-state index is 13.6. The van der Waals surface area contributed by atoms with Crippen molar-refractivity contribution < 1.29 is 22.7 Å². The third kappa shape index (κ3) is 7.11. The Balaban J connectivity index is 2.46. The first-order valence-electron chi connectivity index (χ1n) is 11.0. The van der Waals surface area contributed by atoms with Crippen molar-refractivity contribution in [1.82, 2.24) is 10.2 Å². The van der Waals surface area contributed by atoms with Crippen LogP contribution in [-0.4, -0.2) is 57.6 Å². The van der Waals surface area contributed by atoms with Crippen LogP contribution in [0.5, 0.6) is 5.75 Å². The summed E-state index contributed by atoms with van der Waals surface area (Å²) in [6, 6.07) is 11.4. The highest BCUT2D eigenvalue weighted by atomic mass is 35.5. The third-order valence-electron chi connectivity index (χ3n) is 5.27. The van der Waals surface area contributed by atoms with Crippen molar-refractivity contribution in [3.05, 3.63) is 58.6 Å². The number of anilines is 1. The molecule has 0 saturated heterocycles. The summed E-state index contributed by atoms with van der Waals surface area (Å²) in [6.07, 6.45) is 1.39. The zero-order valence-corrected chi connectivity index (χ0v) is 21.7. The van der Waals surface area contributed by atoms with E-state index in [1.165, 1.54) is 30.2 Å². The standard InChI is InChI=1S/C24H32ClN3O5S/c1-6-21(24(30)26-7-2)27(15-18-10-8-9-17(3)13-18)23(29)16-28(34(5,31)32)19-11-12-22(33-4)20(25)14-19/h8-14,21H,6-7,15-16H2,1-5H3,(H,26,30)/t21-/m0/s1. The fourth-order valence-electron chi connectivity index (χ4n) is 3.64. The minimum Gasteiger partial charge on any atom is -0.495 e. The van der Waals surface area contributed by atoms with Gasteiger partial charge in [-0.15, -0.1) is 0 Å². The number of hydrogen-bond acceptors (Lipinski definition) is 5. The fourth-order valence-corrected chi connectivity index (χ4v) is 4.74. The molecule has 2 rings (SSSR count). The molecule has 0 saturated carbocycles. The molecule has 186 valence electrons. The van der Waals surface area contributed by atoms with Gasteiger partial charge in [0, 0.05) is 13.1 Å². The van der Waals surface area contributed by atoms with Crippen molar-refractivity contribution >= 4 is 39.1 Å². The number of carbonyl (C=O) groups is 2. The maximum absolute atomic E-state index is 13.6. The van der Waals surface area contributed by atoms with E-state index in [0.29, 0.717) is 18.7 Å². The van der Waals surface area contributed by atoms with Gasteiger partial charge in [0.05, 0.1) is 24.1 Å². The van der Waals surface area contributed by atoms with E-state index in [-0.39, 0.29) is 23.2 Å². The largest absolute Gasteiger partial charge is 0.495 e. The second-order valence-corrected chi connectivity index (χ2v) is 10.2. The monoisotopic (exact) mass is 509 g/mol. The smallest absolute Gasteiger partial charge is 0.244 e. The van der Waals surface area contributed by atoms with Crippen molar-refractivity contribution in [2.75, 3.05) is 30.8 Å². The van der Waals surface area contributed by atoms with E-state index < -0.39 is 28.5 Å². The molecule has 1 N–H and O–H groups in total. The van der Waals surface area contributed by atoms with E-state index in [2.05, 4.69) is 5.32 Å². The first-order valence-corrected chi connectivity index (χ1v) is 13.2. The predicted molar refractivity (Wildman–Crippen MR) is 135 cm³/mol. The van der Waals surface area contributed by atoms with Gasteiger partial charge in [-0.3, -0.25) is 13.9 Å². The molecule has 0 heterocycles. The van der Waals surface area contributed by atoms with Crippen LogP contribution in [-0.2, 0) is 26.2 Å². The lowest BCUT2D eigenvalue weighted by Crippen LogP contribution is -2.52. The molecule has 10 heteroatoms. The van der Waals surface area contributed by atoms with Gasteiger partial charge in [0.15, 0.2) is 0 Å². The average molecular weight is 510 g/mol. The van der Waals surface area contributed by atoms with E-state index >= 15 is 0 Å². The lowest BCUT2D eigenvalue weighted by atomic mass is 10.1. The molecular weight excluding hydrogens is 478 g/mol. The molecule has 2 aromatic rings. The topological polar surface area (TPSA) is 96.0 Å². The summed E-state index contributed by atoms with van der Waals surface area (Å²) in [4.78, 5) is 27.8. The van der Waals surface area contributed by atoms with E-state index in [1.54, 1.807) is 6.92 Å². The summed E-state index contributed by atoms with van der Waals surface area (Å²) in [5.74, 6) is -0.407. The van der Waals surface area contributed by atoms with Gasteiger partial charge in [-0.1, -0.05) is 48.4 Å². The normalized spacial score (nSPS) is 12.1. The number of rotatable bonds is 11. The van der Waals surface area contributed by atoms with Gasteiger partial charge in [0.2, 0.25) is 21.8 Å². The Morgan fingerprint density at radius 3 is 2.38 bits per heavy atom. The number of halogens is 1. The quantitative estimate of drug-likeness (QED) is 0.501. The summed E-state index contributed by atoms with van der Waals surface area (Å²) in [5.41, 5.74) is 2.08. The highest BCUT2D eigenvalue weighted by Gasteiger charge is 2.31. The van der Waals surface area contributed by atoms with Gasteiger partial charge >= 0.3 is 0 Å². The Hall–Kier alpha value is -2.78. The molecule has 2 aromatic carbocycles. The molecule has 0 bridgehead atoms. The van der Waals surface area contributed by atoms with E-state index in [0.717, 1.165) is 21.7 Å². The van der Waals surface area contributed by atoms with Gasteiger partial charge in [-0.25, -0.2) is 8.42 Å². The van der Waals surface area contributed by atoms with Gasteiger partial charge in [0.25, 0.3) is 0 Å². The first-order chi connectivity index (χ1) is 16.0. The van der Waals surface area contributed by atoms with Crippen LogP contribution in [0.2, 0.25) is 5.02 Å². The Labute approximate surface area is 206 Å². The highest BCUT2D eigenvalue weighted by molar-refractivity contribution is 7.92. The molecule has 0 unspecified atom stereocenters. The predicted octanol–water partition coefficient (Wildman–Crippen LogP) is 3.37. The lowest BCUT2D eigenvalue weighted by molar-refractivity contribution is -0.140. The van der Waals surface area contributed by atoms with E-state index in [9.17, 15) is 18.0 Å². The average Bonchev–Trinajstić information content (AvgIpc) is 2.76. The molecular formula is C24H32ClN3O5S. The SMILES string of the molecule is CCNC(=O)[C@H](CC)N(Cc1cccc(C)c1)C(=O)CN(c1ccc(OC)c(Cl)c1)S(C)(=O)=O. The van der Waals surface area contributed by atoms with Crippen LogP contribution >= 0.6 is 11.6 Å².